The van der Waals surface area contributed by atoms with Gasteiger partial charge in [-0.3, -0.25) is 0 Å². The van der Waals surface area contributed by atoms with Crippen LogP contribution in [-0.2, 0) is 14.3 Å². The van der Waals surface area contributed by atoms with Crippen LogP contribution in [0.25, 0.3) is 0 Å². The van der Waals surface area contributed by atoms with Crippen LogP contribution in [0.15, 0.2) is 24.3 Å². The predicted molar refractivity (Wildman–Crippen MR) is 69.1 cm³/mol. The van der Waals surface area contributed by atoms with E-state index in [0.717, 1.165) is 0 Å². The zero-order valence-corrected chi connectivity index (χ0v) is 11.6. The van der Waals surface area contributed by atoms with E-state index in [9.17, 15) is 9.59 Å². The Morgan fingerprint density at radius 2 is 1.68 bits per heavy atom. The maximum atomic E-state index is 11.4. The zero-order chi connectivity index (χ0) is 14.5. The number of rotatable bonds is 4. The summed E-state index contributed by atoms with van der Waals surface area (Å²) in [5.74, 6) is -0.373. The van der Waals surface area contributed by atoms with Gasteiger partial charge in [0.05, 0.1) is 12.7 Å². The highest BCUT2D eigenvalue weighted by Gasteiger charge is 2.16. The van der Waals surface area contributed by atoms with E-state index >= 15 is 0 Å². The van der Waals surface area contributed by atoms with Crippen molar-refractivity contribution < 1.29 is 23.8 Å². The average molecular weight is 266 g/mol. The van der Waals surface area contributed by atoms with Gasteiger partial charge in [-0.15, -0.1) is 0 Å². The molecule has 19 heavy (non-hydrogen) atoms. The van der Waals surface area contributed by atoms with Gasteiger partial charge in [0.15, 0.2) is 6.61 Å². The van der Waals surface area contributed by atoms with Crippen molar-refractivity contribution in [3.05, 3.63) is 29.8 Å². The Hall–Kier alpha value is -2.04. The second-order valence-corrected chi connectivity index (χ2v) is 4.89. The molecule has 0 aromatic heterocycles. The molecule has 0 atom stereocenters. The van der Waals surface area contributed by atoms with Crippen LogP contribution in [0.1, 0.15) is 31.1 Å². The van der Waals surface area contributed by atoms with Crippen LogP contribution in [0, 0.1) is 0 Å². The standard InChI is InChI=1S/C14H18O5/c1-14(2,3)19-12(15)9-18-11-7-5-10(6-8-11)13(16)17-4/h5-8H,9H2,1-4H3. The third kappa shape index (κ3) is 5.42. The monoisotopic (exact) mass is 266 g/mol. The van der Waals surface area contributed by atoms with Crippen molar-refractivity contribution in [1.82, 2.24) is 0 Å². The molecule has 0 spiro atoms. The van der Waals surface area contributed by atoms with Crippen molar-refractivity contribution in [3.63, 3.8) is 0 Å². The Morgan fingerprint density at radius 1 is 1.11 bits per heavy atom. The Kier molecular flexibility index (Phi) is 4.92. The van der Waals surface area contributed by atoms with Crippen LogP contribution < -0.4 is 4.74 Å². The van der Waals surface area contributed by atoms with E-state index < -0.39 is 17.5 Å². The average Bonchev–Trinajstić information content (AvgIpc) is 2.34. The molecule has 1 aromatic rings. The van der Waals surface area contributed by atoms with Gasteiger partial charge < -0.3 is 14.2 Å². The van der Waals surface area contributed by atoms with E-state index in [1.54, 1.807) is 45.0 Å². The van der Waals surface area contributed by atoms with E-state index in [0.29, 0.717) is 11.3 Å². The fourth-order valence-corrected chi connectivity index (χ4v) is 1.32. The molecule has 0 N–H and O–H groups in total. The molecule has 0 aliphatic rings. The maximum absolute atomic E-state index is 11.4. The smallest absolute Gasteiger partial charge is 0.344 e. The molecule has 0 heterocycles. The van der Waals surface area contributed by atoms with E-state index in [1.165, 1.54) is 7.11 Å². The van der Waals surface area contributed by atoms with Gasteiger partial charge in [0, 0.05) is 0 Å². The topological polar surface area (TPSA) is 61.8 Å². The van der Waals surface area contributed by atoms with Crippen LogP contribution in [0.5, 0.6) is 5.75 Å². The molecule has 1 rings (SSSR count). The van der Waals surface area contributed by atoms with Gasteiger partial charge in [-0.25, -0.2) is 9.59 Å². The van der Waals surface area contributed by atoms with Crippen LogP contribution >= 0.6 is 0 Å². The van der Waals surface area contributed by atoms with Gasteiger partial charge in [-0.1, -0.05) is 0 Å². The SMILES string of the molecule is COC(=O)c1ccc(OCC(=O)OC(C)(C)C)cc1. The van der Waals surface area contributed by atoms with Crippen molar-refractivity contribution >= 4 is 11.9 Å². The summed E-state index contributed by atoms with van der Waals surface area (Å²) in [4.78, 5) is 22.6. The number of esters is 2. The first-order valence-electron chi connectivity index (χ1n) is 5.85. The lowest BCUT2D eigenvalue weighted by Gasteiger charge is -2.19. The lowest BCUT2D eigenvalue weighted by Crippen LogP contribution is -2.27. The molecule has 0 unspecified atom stereocenters. The third-order valence-corrected chi connectivity index (χ3v) is 2.05. The highest BCUT2D eigenvalue weighted by Crippen LogP contribution is 2.13. The highest BCUT2D eigenvalue weighted by atomic mass is 16.6. The molecular formula is C14H18O5. The minimum Gasteiger partial charge on any atom is -0.482 e. The first kappa shape index (κ1) is 15.0. The van der Waals surface area contributed by atoms with Crippen LogP contribution in [0.4, 0.5) is 0 Å². The molecule has 0 aliphatic heterocycles. The molecule has 0 fully saturated rings. The number of ether oxygens (including phenoxy) is 3. The quantitative estimate of drug-likeness (QED) is 0.782. The molecule has 0 radical (unpaired) electrons. The molecule has 0 aliphatic carbocycles. The minimum atomic E-state index is -0.533. The lowest BCUT2D eigenvalue weighted by atomic mass is 10.2. The summed E-state index contributed by atoms with van der Waals surface area (Å²) in [5, 5.41) is 0. The number of carbonyl (C=O) groups is 2. The summed E-state index contributed by atoms with van der Waals surface area (Å²) in [7, 11) is 1.31. The molecule has 1 aromatic carbocycles. The first-order chi connectivity index (χ1) is 8.81. The Morgan fingerprint density at radius 3 is 2.16 bits per heavy atom. The largest absolute Gasteiger partial charge is 0.482 e. The van der Waals surface area contributed by atoms with Crippen molar-refractivity contribution in [2.45, 2.75) is 26.4 Å². The van der Waals surface area contributed by atoms with Crippen molar-refractivity contribution in [2.24, 2.45) is 0 Å². The van der Waals surface area contributed by atoms with E-state index in [-0.39, 0.29) is 6.61 Å². The predicted octanol–water partition coefficient (Wildman–Crippen LogP) is 2.19. The van der Waals surface area contributed by atoms with Crippen LogP contribution in [0.3, 0.4) is 0 Å². The number of hydrogen-bond acceptors (Lipinski definition) is 5. The number of benzene rings is 1. The van der Waals surface area contributed by atoms with Crippen molar-refractivity contribution in [1.29, 1.82) is 0 Å². The van der Waals surface area contributed by atoms with Gasteiger partial charge in [0.1, 0.15) is 11.4 Å². The normalized spacial score (nSPS) is 10.7. The van der Waals surface area contributed by atoms with Gasteiger partial charge in [0.25, 0.3) is 0 Å². The zero-order valence-electron chi connectivity index (χ0n) is 11.6. The van der Waals surface area contributed by atoms with E-state index in [4.69, 9.17) is 9.47 Å². The highest BCUT2D eigenvalue weighted by molar-refractivity contribution is 5.89. The molecule has 0 amide bonds. The molecular weight excluding hydrogens is 248 g/mol. The maximum Gasteiger partial charge on any atom is 0.344 e. The second-order valence-electron chi connectivity index (χ2n) is 4.89. The number of hydrogen-bond donors (Lipinski definition) is 0. The Bertz CT molecular complexity index is 442. The molecule has 5 nitrogen and oxygen atoms in total. The fraction of sp³-hybridized carbons (Fsp3) is 0.429. The molecule has 0 bridgehead atoms. The molecule has 0 saturated carbocycles. The summed E-state index contributed by atoms with van der Waals surface area (Å²) in [6, 6.07) is 6.32. The van der Waals surface area contributed by atoms with Gasteiger partial charge in [-0.2, -0.15) is 0 Å². The summed E-state index contributed by atoms with van der Waals surface area (Å²) in [5.41, 5.74) is -0.109. The first-order valence-corrected chi connectivity index (χ1v) is 5.85. The summed E-state index contributed by atoms with van der Waals surface area (Å²) in [6.45, 7) is 5.19. The summed E-state index contributed by atoms with van der Waals surface area (Å²) >= 11 is 0. The second kappa shape index (κ2) is 6.22. The summed E-state index contributed by atoms with van der Waals surface area (Å²) in [6.07, 6.45) is 0. The van der Waals surface area contributed by atoms with Gasteiger partial charge in [-0.05, 0) is 45.0 Å². The minimum absolute atomic E-state index is 0.172. The Labute approximate surface area is 112 Å². The van der Waals surface area contributed by atoms with Gasteiger partial charge >= 0.3 is 11.9 Å². The van der Waals surface area contributed by atoms with Crippen molar-refractivity contribution in [3.8, 4) is 5.75 Å². The molecule has 5 heteroatoms. The van der Waals surface area contributed by atoms with E-state index in [1.807, 2.05) is 0 Å². The van der Waals surface area contributed by atoms with E-state index in [2.05, 4.69) is 4.74 Å². The van der Waals surface area contributed by atoms with Crippen LogP contribution in [-0.4, -0.2) is 31.3 Å². The third-order valence-electron chi connectivity index (χ3n) is 2.05. The fourth-order valence-electron chi connectivity index (χ4n) is 1.32. The molecule has 104 valence electrons. The molecule has 0 saturated heterocycles. The van der Waals surface area contributed by atoms with Crippen LogP contribution in [0.2, 0.25) is 0 Å². The summed E-state index contributed by atoms with van der Waals surface area (Å²) < 4.78 is 14.9. The van der Waals surface area contributed by atoms with Crippen molar-refractivity contribution in [2.75, 3.05) is 13.7 Å². The number of carbonyl (C=O) groups excluding carboxylic acids is 2. The Balaban J connectivity index is 2.50. The number of methoxy groups -OCH3 is 1. The van der Waals surface area contributed by atoms with Gasteiger partial charge in [0.2, 0.25) is 0 Å². The lowest BCUT2D eigenvalue weighted by molar-refractivity contribution is -0.157.